The van der Waals surface area contributed by atoms with Crippen LogP contribution in [0.25, 0.3) is 22.8 Å². The number of carbonyl (C=O) groups excluding carboxylic acids is 2. The van der Waals surface area contributed by atoms with Gasteiger partial charge in [-0.25, -0.2) is 19.3 Å². The molecular weight excluding hydrogens is 715 g/mol. The van der Waals surface area contributed by atoms with Gasteiger partial charge in [0, 0.05) is 25.9 Å². The van der Waals surface area contributed by atoms with Crippen LogP contribution in [0.3, 0.4) is 0 Å². The first kappa shape index (κ1) is 24.2. The van der Waals surface area contributed by atoms with E-state index >= 15 is 0 Å². The van der Waals surface area contributed by atoms with Crippen LogP contribution in [0.1, 0.15) is 31.9 Å². The summed E-state index contributed by atoms with van der Waals surface area (Å²) >= 11 is 0. The first-order valence-corrected chi connectivity index (χ1v) is 11.5. The topological polar surface area (TPSA) is 117 Å². The Bertz CT molecular complexity index is 1280. The first-order valence-electron chi connectivity index (χ1n) is 11.5. The molecule has 3 aromatic rings. The molecule has 0 aliphatic carbocycles. The van der Waals surface area contributed by atoms with E-state index in [9.17, 15) is 14.0 Å². The van der Waals surface area contributed by atoms with E-state index in [2.05, 4.69) is 25.4 Å². The number of likely N-dealkylation sites (tertiary alicyclic amines) is 2. The van der Waals surface area contributed by atoms with Crippen LogP contribution in [0, 0.1) is 0 Å². The fourth-order valence-corrected chi connectivity index (χ4v) is 4.39. The number of rotatable bonds is 6. The van der Waals surface area contributed by atoms with Gasteiger partial charge in [-0.15, -0.1) is 0 Å². The maximum absolute atomic E-state index is 13.7. The van der Waals surface area contributed by atoms with E-state index in [1.165, 1.54) is 11.8 Å². The van der Waals surface area contributed by atoms with Crippen LogP contribution in [0.2, 0.25) is 0 Å². The van der Waals surface area contributed by atoms with Crippen molar-refractivity contribution < 1.29 is 18.5 Å². The molecule has 0 unspecified atom stereocenters. The number of likely N-dealkylation sites (N-methyl/N-ethyl adjacent to an activating group) is 1. The summed E-state index contributed by atoms with van der Waals surface area (Å²) in [6, 6.07) is 8.32. The van der Waals surface area contributed by atoms with Crippen molar-refractivity contribution in [3.8, 4) is 22.8 Å². The van der Waals surface area contributed by atoms with Gasteiger partial charge in [0.15, 0.2) is 0 Å². The zero-order valence-corrected chi connectivity index (χ0v) is 22.1. The Morgan fingerprint density at radius 2 is 1.89 bits per heavy atom. The number of hydrogen-bond acceptors (Lipinski definition) is 8. The predicted octanol–water partition coefficient (Wildman–Crippen LogP) is 2.51. The molecule has 1 N–H and O–H groups in total. The summed E-state index contributed by atoms with van der Waals surface area (Å²) in [4.78, 5) is 41.3. The molecule has 10 nitrogen and oxygen atoms in total. The van der Waals surface area contributed by atoms with Crippen molar-refractivity contribution in [1.82, 2.24) is 29.9 Å². The molecule has 5 rings (SSSR count). The van der Waals surface area contributed by atoms with Crippen LogP contribution in [-0.2, 0) is 9.59 Å². The zero-order chi connectivity index (χ0) is 24.7. The molecule has 2 amide bonds. The molecular formula is C24H26FLrN7O3. The number of pyridine rings is 1. The van der Waals surface area contributed by atoms with Crippen molar-refractivity contribution in [2.24, 2.45) is 0 Å². The molecule has 36 heavy (non-hydrogen) atoms. The molecule has 2 saturated heterocycles. The molecule has 0 bridgehead atoms. The molecule has 2 aliphatic heterocycles. The van der Waals surface area contributed by atoms with Gasteiger partial charge in [0.1, 0.15) is 29.1 Å². The van der Waals surface area contributed by atoms with Gasteiger partial charge >= 0.3 is 0 Å². The van der Waals surface area contributed by atoms with Gasteiger partial charge in [0.05, 0.1) is 30.2 Å². The van der Waals surface area contributed by atoms with Crippen molar-refractivity contribution in [3.05, 3.63) is 42.3 Å². The molecule has 0 saturated carbocycles. The molecule has 0 aromatic carbocycles. The summed E-state index contributed by atoms with van der Waals surface area (Å²) in [7, 11) is 1.77. The number of nitrogens with one attached hydrogen (secondary N) is 1. The van der Waals surface area contributed by atoms with Crippen LogP contribution in [0.5, 0.6) is 0 Å². The van der Waals surface area contributed by atoms with E-state index in [0.29, 0.717) is 41.5 Å². The van der Waals surface area contributed by atoms with Gasteiger partial charge in [0.2, 0.25) is 17.8 Å². The smallest absolute Gasteiger partial charge is 0.245 e. The molecule has 2 aliphatic rings. The number of anilines is 1. The summed E-state index contributed by atoms with van der Waals surface area (Å²) in [5.41, 5.74) is 0.936. The second-order valence-electron chi connectivity index (χ2n) is 9.36. The van der Waals surface area contributed by atoms with Crippen LogP contribution < -0.4 is 5.32 Å². The van der Waals surface area contributed by atoms with E-state index in [0.717, 1.165) is 0 Å². The minimum atomic E-state index is -1.32. The van der Waals surface area contributed by atoms with Crippen molar-refractivity contribution >= 4 is 17.8 Å². The number of aromatic nitrogens is 4. The summed E-state index contributed by atoms with van der Waals surface area (Å²) < 4.78 is 19.2. The molecule has 3 aromatic heterocycles. The Labute approximate surface area is 201 Å². The summed E-state index contributed by atoms with van der Waals surface area (Å²) in [6.45, 7) is 4.04. The summed E-state index contributed by atoms with van der Waals surface area (Å²) in [6.07, 6.45) is 2.27. The largest absolute Gasteiger partial charge is 0.360 e. The second kappa shape index (κ2) is 9.05. The number of alkyl halides is 1. The van der Waals surface area contributed by atoms with Gasteiger partial charge in [0.25, 0.3) is 0 Å². The first-order chi connectivity index (χ1) is 16.7. The van der Waals surface area contributed by atoms with Crippen LogP contribution >= 0.6 is 0 Å². The standard InChI is InChI=1S/C24H26FN7O3.Lr/c1-14(21(33)32-12-24(2,25)13-32)27-23-26-9-7-18(29-23)16-5-4-6-17(28-16)19-11-20(35-30-19)15-8-10-31(3)22(15)34;/h4-7,9,11,14-15H,8,10,12-13H2,1-3H3,(H,26,27,29);/t14-,15-;/m0./s1. The zero-order valence-electron chi connectivity index (χ0n) is 20.0. The summed E-state index contributed by atoms with van der Waals surface area (Å²) in [5.74, 6) is 0.300. The maximum Gasteiger partial charge on any atom is 0.245 e. The monoisotopic (exact) mass is 741 g/mol. The molecule has 5 heterocycles. The van der Waals surface area contributed by atoms with E-state index < -0.39 is 11.7 Å². The van der Waals surface area contributed by atoms with E-state index in [4.69, 9.17) is 4.52 Å². The number of carbonyl (C=O) groups is 2. The van der Waals surface area contributed by atoms with Gasteiger partial charge in [-0.05, 0) is 38.5 Å². The molecule has 0 spiro atoms. The third-order valence-electron chi connectivity index (χ3n) is 6.30. The fourth-order valence-electron chi connectivity index (χ4n) is 4.39. The average Bonchev–Trinajstić information content (AvgIpc) is 3.44. The Morgan fingerprint density at radius 3 is 2.56 bits per heavy atom. The Hall–Kier alpha value is -4.89. The van der Waals surface area contributed by atoms with E-state index in [-0.39, 0.29) is 36.8 Å². The van der Waals surface area contributed by atoms with Crippen LogP contribution in [0.15, 0.2) is 41.1 Å². The summed E-state index contributed by atoms with van der Waals surface area (Å²) in [5, 5.41) is 7.11. The van der Waals surface area contributed by atoms with Gasteiger partial charge in [-0.2, -0.15) is 0 Å². The van der Waals surface area contributed by atoms with Crippen LogP contribution in [0.4, 0.5) is 10.3 Å². The third-order valence-corrected chi connectivity index (χ3v) is 6.30. The SMILES string of the molecule is C[C@H](Nc1nccc(-c2cccc(-c3cc([C@@H]4CCN(C)C4=O)on3)n2)n1)C(=O)N1CC(C)(F)C1.[Lr]. The normalized spacial score (nSPS) is 19.4. The van der Waals surface area contributed by atoms with Gasteiger partial charge in [-0.1, -0.05) is 11.2 Å². The average molecular weight is 742 g/mol. The molecule has 197 valence electrons. The molecule has 1 radical (unpaired) electrons. The maximum atomic E-state index is 13.7. The van der Waals surface area contributed by atoms with Crippen molar-refractivity contribution in [1.29, 1.82) is 0 Å². The quantitative estimate of drug-likeness (QED) is 0.410. The van der Waals surface area contributed by atoms with Gasteiger partial charge in [-0.3, -0.25) is 9.59 Å². The minimum Gasteiger partial charge on any atom is -0.360 e. The van der Waals surface area contributed by atoms with Gasteiger partial charge < -0.3 is 19.6 Å². The van der Waals surface area contributed by atoms with E-state index in [1.54, 1.807) is 43.3 Å². The minimum absolute atomic E-state index is 0. The Morgan fingerprint density at radius 1 is 1.19 bits per heavy atom. The second-order valence-corrected chi connectivity index (χ2v) is 9.36. The van der Waals surface area contributed by atoms with Crippen LogP contribution in [-0.4, -0.2) is 80.1 Å². The number of halogens is 1. The van der Waals surface area contributed by atoms with Crippen molar-refractivity contribution in [2.75, 3.05) is 32.0 Å². The van der Waals surface area contributed by atoms with E-state index in [1.807, 2.05) is 12.1 Å². The third kappa shape index (κ3) is 4.55. The number of nitrogens with zero attached hydrogens (tertiary/aromatic N) is 6. The number of amides is 2. The Kier molecular flexibility index (Phi) is 6.09. The fraction of sp³-hybridized carbons (Fsp3) is 0.417. The van der Waals surface area contributed by atoms with Crippen molar-refractivity contribution in [3.63, 3.8) is 0 Å². The molecule has 2 atom stereocenters. The molecule has 2 fully saturated rings. The Balaban J connectivity index is 0.00000304. The molecule has 12 heteroatoms. The van der Waals surface area contributed by atoms with Crippen molar-refractivity contribution in [2.45, 2.75) is 37.9 Å². The number of hydrogen-bond donors (Lipinski definition) is 1. The predicted molar refractivity (Wildman–Crippen MR) is 125 cm³/mol.